The average molecular weight is 395 g/mol. The molecule has 3 rings (SSSR count). The lowest BCUT2D eigenvalue weighted by atomic mass is 9.99. The van der Waals surface area contributed by atoms with Gasteiger partial charge in [0.25, 0.3) is 0 Å². The average Bonchev–Trinajstić information content (AvgIpc) is 3.15. The molecule has 3 heterocycles. The summed E-state index contributed by atoms with van der Waals surface area (Å²) in [4.78, 5) is 0. The zero-order chi connectivity index (χ0) is 12.9. The van der Waals surface area contributed by atoms with Crippen LogP contribution in [0.5, 0.6) is 0 Å². The molecule has 18 heavy (non-hydrogen) atoms. The molecule has 0 aromatic heterocycles. The second-order valence-corrected chi connectivity index (χ2v) is 12.9. The zero-order valence-corrected chi connectivity index (χ0v) is 16.7. The molecule has 0 unspecified atom stereocenters. The van der Waals surface area contributed by atoms with Crippen LogP contribution in [-0.4, -0.2) is 46.0 Å². The van der Waals surface area contributed by atoms with E-state index in [-0.39, 0.29) is 0 Å². The molecule has 0 aromatic carbocycles. The smallest absolute Gasteiger partial charge is 0.0118 e. The molecule has 1 spiro atoms. The van der Waals surface area contributed by atoms with Crippen LogP contribution < -0.4 is 0 Å². The van der Waals surface area contributed by atoms with Crippen LogP contribution in [0.3, 0.4) is 0 Å². The Kier molecular flexibility index (Phi) is 8.04. The molecule has 3 saturated heterocycles. The van der Waals surface area contributed by atoms with Crippen molar-refractivity contribution in [1.82, 2.24) is 0 Å². The van der Waals surface area contributed by atoms with Crippen LogP contribution in [-0.2, 0) is 0 Å². The van der Waals surface area contributed by atoms with E-state index in [4.69, 9.17) is 0 Å². The Morgan fingerprint density at radius 3 is 1.22 bits per heavy atom. The second kappa shape index (κ2) is 8.44. The van der Waals surface area contributed by atoms with Crippen molar-refractivity contribution < 1.29 is 0 Å². The van der Waals surface area contributed by atoms with Gasteiger partial charge in [0.15, 0.2) is 0 Å². The summed E-state index contributed by atoms with van der Waals surface area (Å²) in [6.07, 6.45) is 0. The molecule has 0 saturated carbocycles. The van der Waals surface area contributed by atoms with E-state index in [2.05, 4.69) is 68.4 Å². The summed E-state index contributed by atoms with van der Waals surface area (Å²) in [6, 6.07) is 0. The van der Waals surface area contributed by atoms with Crippen LogP contribution in [0.25, 0.3) is 0 Å². The molecule has 106 valence electrons. The van der Waals surface area contributed by atoms with Gasteiger partial charge in [0, 0.05) is 45.3 Å². The molecule has 0 N–H and O–H groups in total. The van der Waals surface area contributed by atoms with Crippen LogP contribution in [0, 0.1) is 10.8 Å². The van der Waals surface area contributed by atoms with Gasteiger partial charge in [-0.2, -0.15) is 25.3 Å². The highest BCUT2D eigenvalue weighted by atomic mass is 33.1. The zero-order valence-electron chi connectivity index (χ0n) is 10.0. The van der Waals surface area contributed by atoms with Crippen molar-refractivity contribution in [3.05, 3.63) is 0 Å². The Morgan fingerprint density at radius 2 is 0.944 bits per heavy atom. The number of thiol groups is 2. The van der Waals surface area contributed by atoms with E-state index in [0.29, 0.717) is 5.41 Å². The maximum atomic E-state index is 4.31. The molecule has 0 nitrogen and oxygen atoms in total. The minimum atomic E-state index is 0.432. The van der Waals surface area contributed by atoms with Crippen LogP contribution in [0.4, 0.5) is 0 Å². The van der Waals surface area contributed by atoms with E-state index in [1.54, 1.807) is 0 Å². The summed E-state index contributed by atoms with van der Waals surface area (Å²) < 4.78 is 0. The molecule has 0 aromatic rings. The molecular weight excluding hydrogens is 377 g/mol. The van der Waals surface area contributed by atoms with Gasteiger partial charge >= 0.3 is 0 Å². The quantitative estimate of drug-likeness (QED) is 0.496. The third-order valence-electron chi connectivity index (χ3n) is 3.11. The lowest BCUT2D eigenvalue weighted by Crippen LogP contribution is -2.27. The van der Waals surface area contributed by atoms with Crippen LogP contribution in [0.15, 0.2) is 0 Å². The van der Waals surface area contributed by atoms with Crippen molar-refractivity contribution in [3.8, 4) is 0 Å². The largest absolute Gasteiger partial charge is 0.179 e. The number of rotatable bonds is 2. The molecule has 0 radical (unpaired) electrons. The molecular formula is C10H18S8. The van der Waals surface area contributed by atoms with E-state index in [0.717, 1.165) is 16.9 Å². The molecule has 3 fully saturated rings. The third kappa shape index (κ3) is 4.65. The summed E-state index contributed by atoms with van der Waals surface area (Å²) in [5.74, 6) is 10.0. The van der Waals surface area contributed by atoms with Crippen LogP contribution in [0.2, 0.25) is 0 Å². The highest BCUT2D eigenvalue weighted by Crippen LogP contribution is 2.53. The molecule has 0 atom stereocenters. The lowest BCUT2D eigenvalue weighted by molar-refractivity contribution is 0.526. The van der Waals surface area contributed by atoms with Gasteiger partial charge in [-0.3, -0.25) is 0 Å². The Hall–Kier alpha value is 2.80. The fraction of sp³-hybridized carbons (Fsp3) is 1.00. The summed E-state index contributed by atoms with van der Waals surface area (Å²) in [5, 5.41) is 0. The van der Waals surface area contributed by atoms with Gasteiger partial charge < -0.3 is 0 Å². The Morgan fingerprint density at radius 1 is 0.611 bits per heavy atom. The van der Waals surface area contributed by atoms with E-state index >= 15 is 0 Å². The number of hydrogen-bond acceptors (Lipinski definition) is 8. The lowest BCUT2D eigenvalue weighted by Gasteiger charge is -2.21. The predicted octanol–water partition coefficient (Wildman–Crippen LogP) is 4.99. The first-order valence-electron chi connectivity index (χ1n) is 5.69. The van der Waals surface area contributed by atoms with Gasteiger partial charge in [-0.15, -0.1) is 0 Å². The first-order chi connectivity index (χ1) is 8.74. The van der Waals surface area contributed by atoms with Crippen molar-refractivity contribution in [1.29, 1.82) is 0 Å². The van der Waals surface area contributed by atoms with Gasteiger partial charge in [-0.25, -0.2) is 0 Å². The second-order valence-electron chi connectivity index (χ2n) is 4.89. The van der Waals surface area contributed by atoms with E-state index in [1.165, 1.54) is 34.5 Å². The monoisotopic (exact) mass is 394 g/mol. The SMILES string of the molecule is C1SSCC12CSSC2.SCC1(CS)CSSC1. The number of hydrogen-bond donors (Lipinski definition) is 2. The first kappa shape index (κ1) is 17.2. The van der Waals surface area contributed by atoms with Crippen molar-refractivity contribution in [2.24, 2.45) is 10.8 Å². The normalized spacial score (nSPS) is 28.3. The Bertz CT molecular complexity index is 202. The van der Waals surface area contributed by atoms with E-state index < -0.39 is 0 Å². The van der Waals surface area contributed by atoms with Gasteiger partial charge in [-0.05, 0) is 11.5 Å². The van der Waals surface area contributed by atoms with Crippen LogP contribution >= 0.6 is 90.0 Å². The minimum Gasteiger partial charge on any atom is -0.179 e. The molecule has 3 aliphatic heterocycles. The maximum Gasteiger partial charge on any atom is 0.0118 e. The van der Waals surface area contributed by atoms with Gasteiger partial charge in [0.2, 0.25) is 0 Å². The predicted molar refractivity (Wildman–Crippen MR) is 107 cm³/mol. The topological polar surface area (TPSA) is 0 Å². The van der Waals surface area contributed by atoms with E-state index in [1.807, 2.05) is 21.6 Å². The third-order valence-corrected chi connectivity index (χ3v) is 13.0. The fourth-order valence-corrected chi connectivity index (χ4v) is 13.7. The molecule has 0 amide bonds. The van der Waals surface area contributed by atoms with Gasteiger partial charge in [0.05, 0.1) is 0 Å². The van der Waals surface area contributed by atoms with Crippen molar-refractivity contribution in [3.63, 3.8) is 0 Å². The molecule has 0 aliphatic carbocycles. The fourth-order valence-electron chi connectivity index (χ4n) is 1.52. The first-order valence-corrected chi connectivity index (χ1v) is 14.4. The van der Waals surface area contributed by atoms with Crippen LogP contribution in [0.1, 0.15) is 0 Å². The van der Waals surface area contributed by atoms with E-state index in [9.17, 15) is 0 Å². The highest BCUT2D eigenvalue weighted by Gasteiger charge is 2.38. The van der Waals surface area contributed by atoms with Gasteiger partial charge in [-0.1, -0.05) is 64.8 Å². The van der Waals surface area contributed by atoms with Crippen molar-refractivity contribution in [2.45, 2.75) is 0 Å². The summed E-state index contributed by atoms with van der Waals surface area (Å²) in [6.45, 7) is 0. The summed E-state index contributed by atoms with van der Waals surface area (Å²) >= 11 is 8.61. The molecule has 0 bridgehead atoms. The van der Waals surface area contributed by atoms with Gasteiger partial charge in [0.1, 0.15) is 0 Å². The standard InChI is InChI=1S/C5H8S4.C5H10S4/c1-5(2-7-6-1)3-8-9-4-5;6-1-5(2-7)3-8-9-4-5/h1-4H2;6-7H,1-4H2. The molecule has 8 heteroatoms. The minimum absolute atomic E-state index is 0.432. The van der Waals surface area contributed by atoms with Crippen molar-refractivity contribution in [2.75, 3.05) is 46.0 Å². The Labute approximate surface area is 145 Å². The molecule has 3 aliphatic rings. The summed E-state index contributed by atoms with van der Waals surface area (Å²) in [5.41, 5.74) is 1.17. The highest BCUT2D eigenvalue weighted by molar-refractivity contribution is 8.78. The summed E-state index contributed by atoms with van der Waals surface area (Å²) in [7, 11) is 12.1. The Balaban J connectivity index is 0.000000134. The maximum absolute atomic E-state index is 4.31. The van der Waals surface area contributed by atoms with Crippen molar-refractivity contribution >= 4 is 90.0 Å².